The molecule has 1 saturated heterocycles. The third-order valence-corrected chi connectivity index (χ3v) is 3.36. The Morgan fingerprint density at radius 2 is 1.80 bits per heavy atom. The van der Waals surface area contributed by atoms with Gasteiger partial charge in [-0.3, -0.25) is 5.43 Å². The molecule has 0 aromatic carbocycles. The van der Waals surface area contributed by atoms with Crippen LogP contribution < -0.4 is 21.1 Å². The maximum absolute atomic E-state index is 5.42. The van der Waals surface area contributed by atoms with Crippen LogP contribution in [0.2, 0.25) is 0 Å². The largest absolute Gasteiger partial charge is 0.381 e. The minimum Gasteiger partial charge on any atom is -0.381 e. The van der Waals surface area contributed by atoms with Gasteiger partial charge in [-0.25, -0.2) is 5.84 Å². The Hall–Kier alpha value is -1.67. The number of ether oxygens (including phenoxy) is 1. The van der Waals surface area contributed by atoms with Gasteiger partial charge in [0.15, 0.2) is 0 Å². The summed E-state index contributed by atoms with van der Waals surface area (Å²) < 4.78 is 5.38. The van der Waals surface area contributed by atoms with Gasteiger partial charge in [0.1, 0.15) is 0 Å². The number of nitrogens with one attached hydrogen (secondary N) is 1. The lowest BCUT2D eigenvalue weighted by Gasteiger charge is -2.27. The van der Waals surface area contributed by atoms with Crippen LogP contribution in [0.5, 0.6) is 0 Å². The van der Waals surface area contributed by atoms with Crippen molar-refractivity contribution in [2.24, 2.45) is 11.8 Å². The number of hydrogen-bond donors (Lipinski definition) is 2. The fourth-order valence-corrected chi connectivity index (χ4v) is 2.19. The lowest BCUT2D eigenvalue weighted by molar-refractivity contribution is 0.0684. The molecule has 1 aliphatic heterocycles. The Morgan fingerprint density at radius 1 is 1.15 bits per heavy atom. The van der Waals surface area contributed by atoms with Gasteiger partial charge in [-0.2, -0.15) is 15.0 Å². The number of hydrogen-bond acceptors (Lipinski definition) is 8. The van der Waals surface area contributed by atoms with Crippen LogP contribution >= 0.6 is 0 Å². The average molecular weight is 281 g/mol. The van der Waals surface area contributed by atoms with Crippen molar-refractivity contribution in [3.05, 3.63) is 0 Å². The maximum Gasteiger partial charge on any atom is 0.243 e. The number of nitrogen functional groups attached to an aromatic ring is 1. The Kier molecular flexibility index (Phi) is 4.91. The number of rotatable bonds is 5. The van der Waals surface area contributed by atoms with E-state index < -0.39 is 0 Å². The molecule has 0 radical (unpaired) electrons. The zero-order chi connectivity index (χ0) is 14.5. The van der Waals surface area contributed by atoms with Crippen LogP contribution in [0, 0.1) is 5.92 Å². The van der Waals surface area contributed by atoms with Crippen LogP contribution in [0.3, 0.4) is 0 Å². The van der Waals surface area contributed by atoms with Gasteiger partial charge in [0, 0.05) is 40.9 Å². The number of hydrazine groups is 1. The first-order valence-electron chi connectivity index (χ1n) is 6.79. The lowest BCUT2D eigenvalue weighted by atomic mass is 10.0. The molecule has 3 N–H and O–H groups in total. The van der Waals surface area contributed by atoms with E-state index in [4.69, 9.17) is 10.6 Å². The molecule has 8 heteroatoms. The highest BCUT2D eigenvalue weighted by molar-refractivity contribution is 5.43. The summed E-state index contributed by atoms with van der Waals surface area (Å²) in [7, 11) is 5.76. The van der Waals surface area contributed by atoms with Crippen molar-refractivity contribution >= 4 is 17.8 Å². The summed E-state index contributed by atoms with van der Waals surface area (Å²) in [4.78, 5) is 16.8. The normalized spacial score (nSPS) is 16.0. The molecule has 0 bridgehead atoms. The first-order chi connectivity index (χ1) is 9.60. The summed E-state index contributed by atoms with van der Waals surface area (Å²) in [6, 6.07) is 0. The average Bonchev–Trinajstić information content (AvgIpc) is 2.47. The highest BCUT2D eigenvalue weighted by Crippen LogP contribution is 2.19. The second-order valence-corrected chi connectivity index (χ2v) is 5.23. The van der Waals surface area contributed by atoms with E-state index in [0.717, 1.165) is 32.6 Å². The van der Waals surface area contributed by atoms with Gasteiger partial charge < -0.3 is 14.5 Å². The molecule has 0 atom stereocenters. The SMILES string of the molecule is CN(C)c1nc(NN)nc(N(C)CC2CCOCC2)n1. The lowest BCUT2D eigenvalue weighted by Crippen LogP contribution is -2.31. The van der Waals surface area contributed by atoms with Gasteiger partial charge in [-0.15, -0.1) is 0 Å². The predicted octanol–water partition coefficient (Wildman–Crippen LogP) is 0.0860. The van der Waals surface area contributed by atoms with Crippen molar-refractivity contribution < 1.29 is 4.74 Å². The van der Waals surface area contributed by atoms with Crippen molar-refractivity contribution in [1.82, 2.24) is 15.0 Å². The smallest absolute Gasteiger partial charge is 0.243 e. The molecule has 1 fully saturated rings. The molecule has 0 spiro atoms. The van der Waals surface area contributed by atoms with Gasteiger partial charge in [-0.1, -0.05) is 0 Å². The van der Waals surface area contributed by atoms with Crippen LogP contribution in [0.15, 0.2) is 0 Å². The third kappa shape index (κ3) is 3.67. The third-order valence-electron chi connectivity index (χ3n) is 3.36. The molecule has 1 aliphatic rings. The molecule has 0 aliphatic carbocycles. The number of nitrogens with two attached hydrogens (primary N) is 1. The van der Waals surface area contributed by atoms with E-state index in [0.29, 0.717) is 23.8 Å². The van der Waals surface area contributed by atoms with Crippen LogP contribution in [0.4, 0.5) is 17.8 Å². The van der Waals surface area contributed by atoms with E-state index in [9.17, 15) is 0 Å². The maximum atomic E-state index is 5.42. The van der Waals surface area contributed by atoms with Gasteiger partial charge in [0.25, 0.3) is 0 Å². The molecular weight excluding hydrogens is 258 g/mol. The molecule has 0 unspecified atom stereocenters. The number of aromatic nitrogens is 3. The van der Waals surface area contributed by atoms with Gasteiger partial charge in [0.2, 0.25) is 17.8 Å². The highest BCUT2D eigenvalue weighted by Gasteiger charge is 2.18. The van der Waals surface area contributed by atoms with Crippen molar-refractivity contribution in [2.75, 3.05) is 56.1 Å². The molecule has 0 amide bonds. The van der Waals surface area contributed by atoms with E-state index in [1.807, 2.05) is 30.9 Å². The van der Waals surface area contributed by atoms with E-state index in [1.165, 1.54) is 0 Å². The fourth-order valence-electron chi connectivity index (χ4n) is 2.19. The number of nitrogens with zero attached hydrogens (tertiary/aromatic N) is 5. The quantitative estimate of drug-likeness (QED) is 0.579. The predicted molar refractivity (Wildman–Crippen MR) is 78.8 cm³/mol. The summed E-state index contributed by atoms with van der Waals surface area (Å²) in [6.07, 6.45) is 2.16. The standard InChI is InChI=1S/C12H23N7O/c1-18(2)11-14-10(17-13)15-12(16-11)19(3)8-9-4-6-20-7-5-9/h9H,4-8,13H2,1-3H3,(H,14,15,16,17). The second kappa shape index (κ2) is 6.67. The van der Waals surface area contributed by atoms with E-state index in [2.05, 4.69) is 20.4 Å². The Morgan fingerprint density at radius 3 is 2.40 bits per heavy atom. The van der Waals surface area contributed by atoms with Gasteiger partial charge in [-0.05, 0) is 18.8 Å². The summed E-state index contributed by atoms with van der Waals surface area (Å²) in [5.41, 5.74) is 2.49. The molecule has 1 aromatic heterocycles. The molecule has 20 heavy (non-hydrogen) atoms. The van der Waals surface area contributed by atoms with Crippen LogP contribution in [-0.2, 0) is 4.74 Å². The van der Waals surface area contributed by atoms with Crippen LogP contribution in [0.1, 0.15) is 12.8 Å². The molecule has 8 nitrogen and oxygen atoms in total. The van der Waals surface area contributed by atoms with Crippen molar-refractivity contribution in [3.8, 4) is 0 Å². The van der Waals surface area contributed by atoms with E-state index >= 15 is 0 Å². The minimum absolute atomic E-state index is 0.373. The van der Waals surface area contributed by atoms with E-state index in [-0.39, 0.29) is 0 Å². The summed E-state index contributed by atoms with van der Waals surface area (Å²) in [5, 5.41) is 0. The van der Waals surface area contributed by atoms with Gasteiger partial charge >= 0.3 is 0 Å². The van der Waals surface area contributed by atoms with Crippen LogP contribution in [-0.4, -0.2) is 55.9 Å². The molecule has 112 valence electrons. The summed E-state index contributed by atoms with van der Waals surface area (Å²) in [6.45, 7) is 2.59. The Bertz CT molecular complexity index is 434. The van der Waals surface area contributed by atoms with Crippen LogP contribution in [0.25, 0.3) is 0 Å². The van der Waals surface area contributed by atoms with E-state index in [1.54, 1.807) is 0 Å². The molecule has 1 aromatic rings. The van der Waals surface area contributed by atoms with Gasteiger partial charge in [0.05, 0.1) is 0 Å². The number of anilines is 3. The Labute approximate surface area is 119 Å². The summed E-state index contributed by atoms with van der Waals surface area (Å²) in [5.74, 6) is 7.61. The second-order valence-electron chi connectivity index (χ2n) is 5.23. The minimum atomic E-state index is 0.373. The summed E-state index contributed by atoms with van der Waals surface area (Å²) >= 11 is 0. The van der Waals surface area contributed by atoms with Crippen molar-refractivity contribution in [3.63, 3.8) is 0 Å². The monoisotopic (exact) mass is 281 g/mol. The molecular formula is C12H23N7O. The zero-order valence-electron chi connectivity index (χ0n) is 12.3. The zero-order valence-corrected chi connectivity index (χ0v) is 12.3. The van der Waals surface area contributed by atoms with Crippen molar-refractivity contribution in [2.45, 2.75) is 12.8 Å². The highest BCUT2D eigenvalue weighted by atomic mass is 16.5. The molecule has 2 rings (SSSR count). The topological polar surface area (TPSA) is 92.4 Å². The first kappa shape index (κ1) is 14.7. The molecule has 0 saturated carbocycles. The molecule has 2 heterocycles. The Balaban J connectivity index is 2.11. The van der Waals surface area contributed by atoms with Crippen molar-refractivity contribution in [1.29, 1.82) is 0 Å². The fraction of sp³-hybridized carbons (Fsp3) is 0.750. The first-order valence-corrected chi connectivity index (χ1v) is 6.79.